The number of nitrogens with one attached hydrogen (secondary N) is 1. The van der Waals surface area contributed by atoms with Gasteiger partial charge in [-0.2, -0.15) is 0 Å². The molecule has 1 aliphatic heterocycles. The topological polar surface area (TPSA) is 38.7 Å². The van der Waals surface area contributed by atoms with E-state index in [1.807, 2.05) is 12.1 Å². The molecule has 0 aromatic heterocycles. The second-order valence-corrected chi connectivity index (χ2v) is 6.99. The fourth-order valence-corrected chi connectivity index (χ4v) is 3.60. The van der Waals surface area contributed by atoms with E-state index in [0.29, 0.717) is 6.04 Å². The summed E-state index contributed by atoms with van der Waals surface area (Å²) in [7, 11) is 2.17. The van der Waals surface area contributed by atoms with E-state index >= 15 is 0 Å². The maximum absolute atomic E-state index is 9.24. The van der Waals surface area contributed by atoms with E-state index in [1.54, 1.807) is 0 Å². The molecule has 1 fully saturated rings. The zero-order valence-electron chi connectivity index (χ0n) is 13.7. The van der Waals surface area contributed by atoms with Crippen LogP contribution in [-0.2, 0) is 6.54 Å². The highest BCUT2D eigenvalue weighted by atomic mass is 35.5. The average Bonchev–Trinajstić information content (AvgIpc) is 3.02. The van der Waals surface area contributed by atoms with Gasteiger partial charge in [-0.25, -0.2) is 0 Å². The highest BCUT2D eigenvalue weighted by molar-refractivity contribution is 6.31. The summed E-state index contributed by atoms with van der Waals surface area (Å²) < 4.78 is 0. The smallest absolute Gasteiger partial charge is 0.0494 e. The minimum absolute atomic E-state index is 0.229. The van der Waals surface area contributed by atoms with Crippen LogP contribution in [0.25, 0.3) is 0 Å². The molecule has 0 radical (unpaired) electrons. The second-order valence-electron chi connectivity index (χ2n) is 6.58. The van der Waals surface area contributed by atoms with Gasteiger partial charge in [-0.15, -0.1) is 0 Å². The number of aliphatic hydroxyl groups is 1. The first-order chi connectivity index (χ1) is 11.2. The molecular formula is C18H26ClN3O. The summed E-state index contributed by atoms with van der Waals surface area (Å²) in [6.07, 6.45) is 5.23. The van der Waals surface area contributed by atoms with Crippen LogP contribution in [-0.4, -0.2) is 55.9 Å². The second kappa shape index (κ2) is 7.67. The Morgan fingerprint density at radius 1 is 1.22 bits per heavy atom. The van der Waals surface area contributed by atoms with Gasteiger partial charge in [0.2, 0.25) is 0 Å². The van der Waals surface area contributed by atoms with Crippen molar-refractivity contribution in [3.05, 3.63) is 40.9 Å². The Morgan fingerprint density at radius 2 is 2.00 bits per heavy atom. The van der Waals surface area contributed by atoms with Gasteiger partial charge in [-0.3, -0.25) is 0 Å². The molecule has 0 saturated carbocycles. The fraction of sp³-hybridized carbons (Fsp3) is 0.556. The Morgan fingerprint density at radius 3 is 2.70 bits per heavy atom. The van der Waals surface area contributed by atoms with Crippen molar-refractivity contribution in [1.29, 1.82) is 0 Å². The van der Waals surface area contributed by atoms with Crippen LogP contribution in [0.2, 0.25) is 5.02 Å². The predicted octanol–water partition coefficient (Wildman–Crippen LogP) is 2.12. The predicted molar refractivity (Wildman–Crippen MR) is 96.1 cm³/mol. The summed E-state index contributed by atoms with van der Waals surface area (Å²) in [5.41, 5.74) is 2.43. The van der Waals surface area contributed by atoms with E-state index in [9.17, 15) is 5.11 Å². The third kappa shape index (κ3) is 4.07. The van der Waals surface area contributed by atoms with Gasteiger partial charge in [-0.05, 0) is 25.6 Å². The van der Waals surface area contributed by atoms with Gasteiger partial charge in [0.1, 0.15) is 0 Å². The van der Waals surface area contributed by atoms with Gasteiger partial charge in [0, 0.05) is 67.6 Å². The summed E-state index contributed by atoms with van der Waals surface area (Å²) >= 11 is 6.48. The number of halogens is 1. The summed E-state index contributed by atoms with van der Waals surface area (Å²) in [5, 5.41) is 13.6. The first-order valence-electron chi connectivity index (χ1n) is 8.41. The highest BCUT2D eigenvalue weighted by Crippen LogP contribution is 2.29. The van der Waals surface area contributed by atoms with E-state index < -0.39 is 0 Å². The molecule has 1 saturated heterocycles. The highest BCUT2D eigenvalue weighted by Gasteiger charge is 2.21. The van der Waals surface area contributed by atoms with E-state index in [4.69, 9.17) is 11.6 Å². The van der Waals surface area contributed by atoms with E-state index in [0.717, 1.165) is 44.2 Å². The van der Waals surface area contributed by atoms with Gasteiger partial charge in [-0.1, -0.05) is 29.8 Å². The van der Waals surface area contributed by atoms with Crippen molar-refractivity contribution < 1.29 is 5.11 Å². The maximum Gasteiger partial charge on any atom is 0.0494 e. The minimum Gasteiger partial charge on any atom is -0.396 e. The molecule has 2 aliphatic rings. The number of piperazine rings is 1. The number of aliphatic hydroxyl groups excluding tert-OH is 1. The largest absolute Gasteiger partial charge is 0.396 e. The van der Waals surface area contributed by atoms with E-state index in [1.165, 1.54) is 11.3 Å². The Bertz CT molecular complexity index is 555. The Kier molecular flexibility index (Phi) is 5.59. The quantitative estimate of drug-likeness (QED) is 0.808. The third-order valence-corrected chi connectivity index (χ3v) is 5.24. The van der Waals surface area contributed by atoms with Crippen LogP contribution >= 0.6 is 11.6 Å². The van der Waals surface area contributed by atoms with Crippen LogP contribution in [0.1, 0.15) is 12.0 Å². The lowest BCUT2D eigenvalue weighted by atomic mass is 10.1. The van der Waals surface area contributed by atoms with Crippen molar-refractivity contribution in [2.24, 2.45) is 5.92 Å². The van der Waals surface area contributed by atoms with Gasteiger partial charge >= 0.3 is 0 Å². The first kappa shape index (κ1) is 16.8. The number of nitrogens with zero attached hydrogens (tertiary/aromatic N) is 2. The molecule has 1 aromatic rings. The molecule has 0 spiro atoms. The van der Waals surface area contributed by atoms with Crippen molar-refractivity contribution in [2.75, 3.05) is 44.7 Å². The minimum atomic E-state index is 0.229. The van der Waals surface area contributed by atoms with Crippen molar-refractivity contribution in [1.82, 2.24) is 10.2 Å². The third-order valence-electron chi connectivity index (χ3n) is 4.89. The van der Waals surface area contributed by atoms with E-state index in [-0.39, 0.29) is 12.5 Å². The molecule has 1 heterocycles. The molecule has 3 rings (SSSR count). The molecule has 126 valence electrons. The molecular weight excluding hydrogens is 310 g/mol. The summed E-state index contributed by atoms with van der Waals surface area (Å²) in [6.45, 7) is 5.24. The van der Waals surface area contributed by atoms with Crippen LogP contribution in [0.5, 0.6) is 0 Å². The molecule has 1 aromatic carbocycles. The standard InChI is InChI=1S/C18H26ClN3O/c1-21-7-9-22(10-8-21)18-4-2-3-17(19)16(18)12-20-15-6-5-14(11-15)13-23/h2-6,14-15,20,23H,7-13H2,1H3/t14-,15+/m0/s1. The lowest BCUT2D eigenvalue weighted by Gasteiger charge is -2.35. The monoisotopic (exact) mass is 335 g/mol. The number of benzene rings is 1. The number of anilines is 1. The number of likely N-dealkylation sites (N-methyl/N-ethyl adjacent to an activating group) is 1. The number of hydrogen-bond donors (Lipinski definition) is 2. The summed E-state index contributed by atoms with van der Waals surface area (Å²) in [4.78, 5) is 4.79. The van der Waals surface area contributed by atoms with Crippen LogP contribution in [0.3, 0.4) is 0 Å². The van der Waals surface area contributed by atoms with Crippen LogP contribution in [0.15, 0.2) is 30.4 Å². The van der Waals surface area contributed by atoms with Crippen molar-refractivity contribution >= 4 is 17.3 Å². The first-order valence-corrected chi connectivity index (χ1v) is 8.78. The van der Waals surface area contributed by atoms with Crippen LogP contribution in [0, 0.1) is 5.92 Å². The SMILES string of the molecule is CN1CCN(c2cccc(Cl)c2CN[C@@H]2C=C[C@H](CO)C2)CC1. The molecule has 2 atom stereocenters. The van der Waals surface area contributed by atoms with Crippen LogP contribution < -0.4 is 10.2 Å². The lowest BCUT2D eigenvalue weighted by Crippen LogP contribution is -2.45. The van der Waals surface area contributed by atoms with E-state index in [2.05, 4.69) is 40.4 Å². The lowest BCUT2D eigenvalue weighted by molar-refractivity contribution is 0.246. The van der Waals surface area contributed by atoms with Crippen molar-refractivity contribution in [3.63, 3.8) is 0 Å². The molecule has 23 heavy (non-hydrogen) atoms. The average molecular weight is 336 g/mol. The normalized spacial score (nSPS) is 25.3. The number of hydrogen-bond acceptors (Lipinski definition) is 4. The van der Waals surface area contributed by atoms with Gasteiger partial charge in [0.05, 0.1) is 0 Å². The molecule has 5 heteroatoms. The van der Waals surface area contributed by atoms with Crippen LogP contribution in [0.4, 0.5) is 5.69 Å². The Balaban J connectivity index is 1.68. The Hall–Kier alpha value is -1.07. The fourth-order valence-electron chi connectivity index (χ4n) is 3.36. The van der Waals surface area contributed by atoms with Gasteiger partial charge < -0.3 is 20.2 Å². The molecule has 0 amide bonds. The summed E-state index contributed by atoms with van der Waals surface area (Å²) in [5.74, 6) is 0.288. The van der Waals surface area contributed by atoms with Crippen molar-refractivity contribution in [2.45, 2.75) is 19.0 Å². The zero-order chi connectivity index (χ0) is 16.2. The maximum atomic E-state index is 9.24. The summed E-state index contributed by atoms with van der Waals surface area (Å²) in [6, 6.07) is 6.51. The zero-order valence-corrected chi connectivity index (χ0v) is 14.5. The Labute approximate surface area is 143 Å². The van der Waals surface area contributed by atoms with Gasteiger partial charge in [0.25, 0.3) is 0 Å². The molecule has 2 N–H and O–H groups in total. The molecule has 0 unspecified atom stereocenters. The van der Waals surface area contributed by atoms with Gasteiger partial charge in [0.15, 0.2) is 0 Å². The van der Waals surface area contributed by atoms with Crippen molar-refractivity contribution in [3.8, 4) is 0 Å². The number of rotatable bonds is 5. The molecule has 0 bridgehead atoms. The molecule has 1 aliphatic carbocycles. The molecule has 4 nitrogen and oxygen atoms in total.